The van der Waals surface area contributed by atoms with Gasteiger partial charge < -0.3 is 10.2 Å². The Balaban J connectivity index is 1.89. The summed E-state index contributed by atoms with van der Waals surface area (Å²) in [5, 5.41) is 23.4. The normalized spacial score (nSPS) is 11.3. The van der Waals surface area contributed by atoms with Gasteiger partial charge in [-0.05, 0) is 36.4 Å². The second kappa shape index (κ2) is 6.06. The highest BCUT2D eigenvalue weighted by Crippen LogP contribution is 2.38. The molecule has 6 heteroatoms. The Hall–Kier alpha value is -2.56. The first kappa shape index (κ1) is 15.9. The van der Waals surface area contributed by atoms with E-state index in [1.165, 1.54) is 0 Å². The minimum Gasteiger partial charge on any atom is -0.505 e. The van der Waals surface area contributed by atoms with Gasteiger partial charge in [-0.3, -0.25) is 9.97 Å². The SMILES string of the molecule is Oc1c(Cc2cc(Cl)c3cccnc3c2O)cc(Cl)c2cccnc12. The third-order valence-corrected chi connectivity index (χ3v) is 4.80. The van der Waals surface area contributed by atoms with Crippen molar-refractivity contribution in [2.24, 2.45) is 0 Å². The fourth-order valence-electron chi connectivity index (χ4n) is 2.95. The van der Waals surface area contributed by atoms with E-state index in [-0.39, 0.29) is 17.9 Å². The maximum atomic E-state index is 10.6. The molecule has 0 atom stereocenters. The lowest BCUT2D eigenvalue weighted by molar-refractivity contribution is 0.468. The van der Waals surface area contributed by atoms with Crippen molar-refractivity contribution in [2.75, 3.05) is 0 Å². The molecule has 4 nitrogen and oxygen atoms in total. The van der Waals surface area contributed by atoms with Crippen LogP contribution in [0.2, 0.25) is 10.0 Å². The number of aromatic nitrogens is 2. The number of pyridine rings is 2. The van der Waals surface area contributed by atoms with Crippen LogP contribution in [0.15, 0.2) is 48.8 Å². The number of aromatic hydroxyl groups is 2. The molecule has 124 valence electrons. The summed E-state index contributed by atoms with van der Waals surface area (Å²) in [6.45, 7) is 0. The number of nitrogens with zero attached hydrogens (tertiary/aromatic N) is 2. The van der Waals surface area contributed by atoms with Crippen molar-refractivity contribution in [1.82, 2.24) is 9.97 Å². The summed E-state index contributed by atoms with van der Waals surface area (Å²) >= 11 is 12.6. The molecule has 0 radical (unpaired) electrons. The van der Waals surface area contributed by atoms with Crippen molar-refractivity contribution in [3.8, 4) is 11.5 Å². The van der Waals surface area contributed by atoms with Crippen LogP contribution in [0, 0.1) is 0 Å². The molecule has 0 spiro atoms. The molecule has 4 aromatic rings. The van der Waals surface area contributed by atoms with E-state index in [1.807, 2.05) is 0 Å². The molecule has 0 aliphatic carbocycles. The average molecular weight is 371 g/mol. The molecule has 4 rings (SSSR count). The minimum absolute atomic E-state index is 0.0386. The lowest BCUT2D eigenvalue weighted by Crippen LogP contribution is -1.94. The number of benzene rings is 2. The van der Waals surface area contributed by atoms with Gasteiger partial charge in [0, 0.05) is 40.7 Å². The van der Waals surface area contributed by atoms with Gasteiger partial charge in [0.25, 0.3) is 0 Å². The van der Waals surface area contributed by atoms with E-state index >= 15 is 0 Å². The van der Waals surface area contributed by atoms with E-state index in [4.69, 9.17) is 23.2 Å². The van der Waals surface area contributed by atoms with Crippen LogP contribution < -0.4 is 0 Å². The molecule has 2 N–H and O–H groups in total. The molecule has 0 saturated carbocycles. The topological polar surface area (TPSA) is 66.2 Å². The molecule has 0 aliphatic heterocycles. The second-order valence-electron chi connectivity index (χ2n) is 5.71. The van der Waals surface area contributed by atoms with E-state index in [0.717, 1.165) is 0 Å². The lowest BCUT2D eigenvalue weighted by Gasteiger charge is -2.12. The van der Waals surface area contributed by atoms with Crippen LogP contribution in [-0.4, -0.2) is 20.2 Å². The van der Waals surface area contributed by atoms with Crippen LogP contribution >= 0.6 is 23.2 Å². The maximum absolute atomic E-state index is 10.6. The lowest BCUT2D eigenvalue weighted by atomic mass is 9.99. The molecular formula is C19H12Cl2N2O2. The van der Waals surface area contributed by atoms with Gasteiger partial charge in [-0.15, -0.1) is 0 Å². The molecule has 0 saturated heterocycles. The molecule has 2 aromatic heterocycles. The fourth-order valence-corrected chi connectivity index (χ4v) is 3.52. The molecule has 2 aromatic carbocycles. The van der Waals surface area contributed by atoms with Crippen molar-refractivity contribution in [1.29, 1.82) is 0 Å². The number of fused-ring (bicyclic) bond motifs is 2. The van der Waals surface area contributed by atoms with Gasteiger partial charge in [-0.1, -0.05) is 23.2 Å². The summed E-state index contributed by atoms with van der Waals surface area (Å²) in [5.74, 6) is 0.0771. The third kappa shape index (κ3) is 2.64. The van der Waals surface area contributed by atoms with Crippen LogP contribution in [0.5, 0.6) is 11.5 Å². The zero-order valence-electron chi connectivity index (χ0n) is 12.9. The number of phenolic OH excluding ortho intramolecular Hbond substituents is 2. The molecule has 0 unspecified atom stereocenters. The summed E-state index contributed by atoms with van der Waals surface area (Å²) in [4.78, 5) is 8.40. The molecule has 0 aliphatic rings. The fraction of sp³-hybridized carbons (Fsp3) is 0.0526. The number of hydrogen-bond acceptors (Lipinski definition) is 4. The van der Waals surface area contributed by atoms with Gasteiger partial charge >= 0.3 is 0 Å². The molecule has 0 amide bonds. The van der Waals surface area contributed by atoms with Gasteiger partial charge in [0.2, 0.25) is 0 Å². The number of hydrogen-bond donors (Lipinski definition) is 2. The monoisotopic (exact) mass is 370 g/mol. The average Bonchev–Trinajstić information content (AvgIpc) is 2.64. The van der Waals surface area contributed by atoms with Gasteiger partial charge in [0.1, 0.15) is 22.5 Å². The standard InChI is InChI=1S/C19H12Cl2N2O2/c20-14-8-10(18(24)16-12(14)3-1-5-22-16)7-11-9-15(21)13-4-2-6-23-17(13)19(11)25/h1-6,8-9,24-25H,7H2. The molecule has 0 bridgehead atoms. The quantitative estimate of drug-likeness (QED) is 0.515. The van der Waals surface area contributed by atoms with E-state index < -0.39 is 0 Å². The van der Waals surface area contributed by atoms with Gasteiger partial charge in [-0.2, -0.15) is 0 Å². The Morgan fingerprint density at radius 1 is 0.760 bits per heavy atom. The van der Waals surface area contributed by atoms with Crippen LogP contribution in [0.4, 0.5) is 0 Å². The summed E-state index contributed by atoms with van der Waals surface area (Å²) in [6, 6.07) is 10.5. The number of rotatable bonds is 2. The minimum atomic E-state index is 0.0386. The highest BCUT2D eigenvalue weighted by Gasteiger charge is 2.16. The summed E-state index contributed by atoms with van der Waals surface area (Å²) < 4.78 is 0. The summed E-state index contributed by atoms with van der Waals surface area (Å²) in [7, 11) is 0. The van der Waals surface area contributed by atoms with Crippen LogP contribution in [0.25, 0.3) is 21.8 Å². The van der Waals surface area contributed by atoms with Crippen LogP contribution in [0.1, 0.15) is 11.1 Å². The Kier molecular flexibility index (Phi) is 3.86. The van der Waals surface area contributed by atoms with Crippen LogP contribution in [-0.2, 0) is 6.42 Å². The van der Waals surface area contributed by atoms with E-state index in [1.54, 1.807) is 48.8 Å². The zero-order chi connectivity index (χ0) is 17.6. The number of halogens is 2. The Morgan fingerprint density at radius 2 is 1.20 bits per heavy atom. The van der Waals surface area contributed by atoms with Gasteiger partial charge in [0.05, 0.1) is 10.0 Å². The molecule has 25 heavy (non-hydrogen) atoms. The number of phenols is 2. The first-order chi connectivity index (χ1) is 12.1. The van der Waals surface area contributed by atoms with Crippen molar-refractivity contribution in [3.05, 3.63) is 70.0 Å². The molecular weight excluding hydrogens is 359 g/mol. The van der Waals surface area contributed by atoms with E-state index in [0.29, 0.717) is 43.0 Å². The van der Waals surface area contributed by atoms with E-state index in [9.17, 15) is 10.2 Å². The smallest absolute Gasteiger partial charge is 0.145 e. The largest absolute Gasteiger partial charge is 0.505 e. The van der Waals surface area contributed by atoms with Gasteiger partial charge in [-0.25, -0.2) is 0 Å². The highest BCUT2D eigenvalue weighted by molar-refractivity contribution is 6.36. The van der Waals surface area contributed by atoms with Crippen molar-refractivity contribution < 1.29 is 10.2 Å². The van der Waals surface area contributed by atoms with Crippen LogP contribution in [0.3, 0.4) is 0 Å². The zero-order valence-corrected chi connectivity index (χ0v) is 14.4. The van der Waals surface area contributed by atoms with E-state index in [2.05, 4.69) is 9.97 Å². The molecule has 2 heterocycles. The maximum Gasteiger partial charge on any atom is 0.145 e. The Morgan fingerprint density at radius 3 is 1.64 bits per heavy atom. The third-order valence-electron chi connectivity index (χ3n) is 4.17. The first-order valence-electron chi connectivity index (χ1n) is 7.56. The highest BCUT2D eigenvalue weighted by atomic mass is 35.5. The second-order valence-corrected chi connectivity index (χ2v) is 6.52. The van der Waals surface area contributed by atoms with Gasteiger partial charge in [0.15, 0.2) is 0 Å². The predicted octanol–water partition coefficient (Wildman–Crippen LogP) is 5.09. The van der Waals surface area contributed by atoms with Crippen molar-refractivity contribution >= 4 is 45.0 Å². The summed E-state index contributed by atoms with van der Waals surface area (Å²) in [6.07, 6.45) is 3.43. The Bertz CT molecular complexity index is 1040. The first-order valence-corrected chi connectivity index (χ1v) is 8.32. The molecule has 0 fully saturated rings. The summed E-state index contributed by atoms with van der Waals surface area (Å²) in [5.41, 5.74) is 1.96. The Labute approximate surface area is 153 Å². The van der Waals surface area contributed by atoms with Crippen molar-refractivity contribution in [3.63, 3.8) is 0 Å². The van der Waals surface area contributed by atoms with Crippen molar-refractivity contribution in [2.45, 2.75) is 6.42 Å². The predicted molar refractivity (Wildman–Crippen MR) is 99.6 cm³/mol.